The normalized spacial score (nSPS) is 29.8. The summed E-state index contributed by atoms with van der Waals surface area (Å²) in [5.74, 6) is 0. The van der Waals surface area contributed by atoms with Crippen LogP contribution < -0.4 is 0 Å². The van der Waals surface area contributed by atoms with E-state index in [9.17, 15) is 0 Å². The molecule has 18 heavy (non-hydrogen) atoms. The zero-order chi connectivity index (χ0) is 14.2. The van der Waals surface area contributed by atoms with Crippen molar-refractivity contribution in [2.45, 2.75) is 77.8 Å². The SMILES string of the molecule is CC1(C)O[B]OC1(C)C.CC1(C)O[B]OC1(C)C. The average molecular weight is 254 g/mol. The predicted octanol–water partition coefficient (Wildman–Crippen LogP) is 2.25. The van der Waals surface area contributed by atoms with Gasteiger partial charge in [0.1, 0.15) is 0 Å². The van der Waals surface area contributed by atoms with Gasteiger partial charge < -0.3 is 18.6 Å². The first-order chi connectivity index (χ1) is 7.91. The first-order valence-electron chi connectivity index (χ1n) is 6.26. The van der Waals surface area contributed by atoms with Crippen LogP contribution in [-0.4, -0.2) is 37.8 Å². The Bertz CT molecular complexity index is 242. The van der Waals surface area contributed by atoms with Crippen LogP contribution in [0.15, 0.2) is 0 Å². The maximum Gasteiger partial charge on any atom is 0.488 e. The Hall–Kier alpha value is -0.0301. The average Bonchev–Trinajstić information content (AvgIpc) is 2.51. The standard InChI is InChI=1S/2C6H12BO2/c2*1-5(2)6(3,4)9-7-8-5/h2*1-4H3. The molecular weight excluding hydrogens is 230 g/mol. The number of hydrogen-bond donors (Lipinski definition) is 0. The van der Waals surface area contributed by atoms with Gasteiger partial charge >= 0.3 is 15.4 Å². The van der Waals surface area contributed by atoms with Gasteiger partial charge in [0.2, 0.25) is 0 Å². The summed E-state index contributed by atoms with van der Waals surface area (Å²) in [5, 5.41) is 0. The van der Waals surface area contributed by atoms with Crippen molar-refractivity contribution in [1.29, 1.82) is 0 Å². The van der Waals surface area contributed by atoms with Crippen LogP contribution in [-0.2, 0) is 18.6 Å². The lowest BCUT2D eigenvalue weighted by molar-refractivity contribution is 0.00578. The summed E-state index contributed by atoms with van der Waals surface area (Å²) in [7, 11) is 2.83. The monoisotopic (exact) mass is 254 g/mol. The molecule has 2 heterocycles. The highest BCUT2D eigenvalue weighted by atomic mass is 16.7. The molecule has 0 saturated carbocycles. The fourth-order valence-electron chi connectivity index (χ4n) is 1.10. The zero-order valence-electron chi connectivity index (χ0n) is 12.8. The molecule has 6 heteroatoms. The Morgan fingerprint density at radius 2 is 0.611 bits per heavy atom. The minimum Gasteiger partial charge on any atom is -0.405 e. The molecule has 0 aromatic heterocycles. The zero-order valence-corrected chi connectivity index (χ0v) is 12.8. The van der Waals surface area contributed by atoms with Gasteiger partial charge in [-0.25, -0.2) is 0 Å². The molecule has 2 radical (unpaired) electrons. The Labute approximate surface area is 112 Å². The van der Waals surface area contributed by atoms with Gasteiger partial charge in [-0.3, -0.25) is 0 Å². The molecule has 0 aliphatic carbocycles. The second kappa shape index (κ2) is 4.82. The first-order valence-corrected chi connectivity index (χ1v) is 6.26. The van der Waals surface area contributed by atoms with Gasteiger partial charge in [-0.1, -0.05) is 0 Å². The van der Waals surface area contributed by atoms with Crippen molar-refractivity contribution in [2.24, 2.45) is 0 Å². The second-order valence-corrected chi connectivity index (χ2v) is 6.71. The van der Waals surface area contributed by atoms with Crippen LogP contribution in [0.25, 0.3) is 0 Å². The molecule has 0 bridgehead atoms. The molecule has 0 aromatic rings. The molecular formula is C12H24B2O4. The Balaban J connectivity index is 0.000000180. The minimum absolute atomic E-state index is 0.187. The highest BCUT2D eigenvalue weighted by Gasteiger charge is 2.45. The van der Waals surface area contributed by atoms with Gasteiger partial charge in [0.25, 0.3) is 0 Å². The molecule has 4 nitrogen and oxygen atoms in total. The molecule has 2 aliphatic rings. The van der Waals surface area contributed by atoms with E-state index in [-0.39, 0.29) is 22.4 Å². The maximum absolute atomic E-state index is 5.21. The van der Waals surface area contributed by atoms with Crippen LogP contribution in [0.1, 0.15) is 55.4 Å². The highest BCUT2D eigenvalue weighted by molar-refractivity contribution is 6.19. The van der Waals surface area contributed by atoms with Crippen LogP contribution in [0.2, 0.25) is 0 Å². The molecule has 2 fully saturated rings. The van der Waals surface area contributed by atoms with Gasteiger partial charge in [0, 0.05) is 0 Å². The minimum atomic E-state index is -0.188. The molecule has 0 spiro atoms. The van der Waals surface area contributed by atoms with Gasteiger partial charge in [0.15, 0.2) is 0 Å². The summed E-state index contributed by atoms with van der Waals surface area (Å²) in [6, 6.07) is 0. The Morgan fingerprint density at radius 3 is 0.667 bits per heavy atom. The Kier molecular flexibility index (Phi) is 4.29. The van der Waals surface area contributed by atoms with E-state index in [0.717, 1.165) is 0 Å². The van der Waals surface area contributed by atoms with E-state index in [1.165, 1.54) is 15.4 Å². The van der Waals surface area contributed by atoms with Crippen molar-refractivity contribution in [2.75, 3.05) is 0 Å². The highest BCUT2D eigenvalue weighted by Crippen LogP contribution is 2.33. The van der Waals surface area contributed by atoms with Crippen molar-refractivity contribution in [3.05, 3.63) is 0 Å². The van der Waals surface area contributed by atoms with Crippen molar-refractivity contribution >= 4 is 15.4 Å². The smallest absolute Gasteiger partial charge is 0.405 e. The molecule has 0 aromatic carbocycles. The lowest BCUT2D eigenvalue weighted by atomic mass is 9.90. The third-order valence-electron chi connectivity index (χ3n) is 4.27. The lowest BCUT2D eigenvalue weighted by Gasteiger charge is -2.32. The topological polar surface area (TPSA) is 36.9 Å². The molecule has 0 unspecified atom stereocenters. The maximum atomic E-state index is 5.21. The van der Waals surface area contributed by atoms with Gasteiger partial charge in [0.05, 0.1) is 22.4 Å². The summed E-state index contributed by atoms with van der Waals surface area (Å²) in [6.45, 7) is 16.1. The molecule has 0 atom stereocenters. The molecule has 102 valence electrons. The summed E-state index contributed by atoms with van der Waals surface area (Å²) in [4.78, 5) is 0. The fraction of sp³-hybridized carbons (Fsp3) is 1.00. The molecule has 0 N–H and O–H groups in total. The van der Waals surface area contributed by atoms with Crippen molar-refractivity contribution in [3.8, 4) is 0 Å². The van der Waals surface area contributed by atoms with Crippen molar-refractivity contribution < 1.29 is 18.6 Å². The van der Waals surface area contributed by atoms with Gasteiger partial charge in [-0.05, 0) is 55.4 Å². The summed E-state index contributed by atoms with van der Waals surface area (Å²) >= 11 is 0. The van der Waals surface area contributed by atoms with Crippen LogP contribution in [0.3, 0.4) is 0 Å². The van der Waals surface area contributed by atoms with Crippen molar-refractivity contribution in [1.82, 2.24) is 0 Å². The van der Waals surface area contributed by atoms with E-state index in [2.05, 4.69) is 0 Å². The van der Waals surface area contributed by atoms with E-state index >= 15 is 0 Å². The van der Waals surface area contributed by atoms with Crippen LogP contribution in [0.5, 0.6) is 0 Å². The second-order valence-electron chi connectivity index (χ2n) is 6.71. The van der Waals surface area contributed by atoms with Crippen LogP contribution in [0.4, 0.5) is 0 Å². The Morgan fingerprint density at radius 1 is 0.444 bits per heavy atom. The van der Waals surface area contributed by atoms with E-state index in [4.69, 9.17) is 18.6 Å². The van der Waals surface area contributed by atoms with Crippen LogP contribution in [0, 0.1) is 0 Å². The van der Waals surface area contributed by atoms with E-state index in [1.54, 1.807) is 0 Å². The van der Waals surface area contributed by atoms with Gasteiger partial charge in [-0.15, -0.1) is 0 Å². The predicted molar refractivity (Wildman–Crippen MR) is 72.2 cm³/mol. The third-order valence-corrected chi connectivity index (χ3v) is 4.27. The van der Waals surface area contributed by atoms with E-state index < -0.39 is 0 Å². The number of hydrogen-bond acceptors (Lipinski definition) is 4. The molecule has 2 aliphatic heterocycles. The third kappa shape index (κ3) is 3.10. The van der Waals surface area contributed by atoms with E-state index in [0.29, 0.717) is 0 Å². The summed E-state index contributed by atoms with van der Waals surface area (Å²) in [5.41, 5.74) is -0.750. The fourth-order valence-corrected chi connectivity index (χ4v) is 1.10. The largest absolute Gasteiger partial charge is 0.488 e. The summed E-state index contributed by atoms with van der Waals surface area (Å²) in [6.07, 6.45) is 0. The molecule has 0 amide bonds. The van der Waals surface area contributed by atoms with E-state index in [1.807, 2.05) is 55.4 Å². The molecule has 2 saturated heterocycles. The van der Waals surface area contributed by atoms with Gasteiger partial charge in [-0.2, -0.15) is 0 Å². The van der Waals surface area contributed by atoms with Crippen LogP contribution >= 0.6 is 0 Å². The lowest BCUT2D eigenvalue weighted by Crippen LogP contribution is -2.41. The number of rotatable bonds is 0. The molecule has 2 rings (SSSR count). The first kappa shape index (κ1) is 16.0. The summed E-state index contributed by atoms with van der Waals surface area (Å²) < 4.78 is 20.8. The quantitative estimate of drug-likeness (QED) is 0.621. The van der Waals surface area contributed by atoms with Crippen molar-refractivity contribution in [3.63, 3.8) is 0 Å².